The average molecular weight is 407 g/mol. The van der Waals surface area contributed by atoms with Crippen LogP contribution in [-0.4, -0.2) is 10.1 Å². The summed E-state index contributed by atoms with van der Waals surface area (Å²) in [6.45, 7) is 0. The number of halogens is 1. The van der Waals surface area contributed by atoms with E-state index < -0.39 is 0 Å². The van der Waals surface area contributed by atoms with E-state index in [0.29, 0.717) is 11.3 Å². The van der Waals surface area contributed by atoms with Gasteiger partial charge in [-0.15, -0.1) is 11.8 Å². The maximum atomic E-state index is 10.8. The zero-order valence-electron chi connectivity index (χ0n) is 15.3. The van der Waals surface area contributed by atoms with Gasteiger partial charge in [0.2, 0.25) is 5.88 Å². The Morgan fingerprint density at radius 1 is 1.07 bits per heavy atom. The molecular weight excluding hydrogens is 388 g/mol. The molecule has 1 aliphatic rings. The second-order valence-electron chi connectivity index (χ2n) is 6.85. The topological polar surface area (TPSA) is 56.9 Å². The van der Waals surface area contributed by atoms with Gasteiger partial charge in [0.25, 0.3) is 0 Å². The molecule has 0 atom stereocenters. The number of aromatic hydroxyl groups is 1. The molecule has 1 aliphatic carbocycles. The van der Waals surface area contributed by atoms with Gasteiger partial charge in [-0.05, 0) is 66.1 Å². The van der Waals surface area contributed by atoms with E-state index in [-0.39, 0.29) is 5.88 Å². The van der Waals surface area contributed by atoms with Crippen LogP contribution in [0.3, 0.4) is 0 Å². The normalized spacial score (nSPS) is 13.0. The quantitative estimate of drug-likeness (QED) is 0.528. The Morgan fingerprint density at radius 2 is 1.86 bits per heavy atom. The Morgan fingerprint density at radius 3 is 2.64 bits per heavy atom. The van der Waals surface area contributed by atoms with E-state index in [4.69, 9.17) is 11.6 Å². The SMILES string of the molecule is N#Cc1cccc(-c2c(O)nc(SCc3ccccc3Cl)c3c2CCCC3)c1. The lowest BCUT2D eigenvalue weighted by Gasteiger charge is -2.23. The van der Waals surface area contributed by atoms with Crippen LogP contribution in [0, 0.1) is 11.3 Å². The van der Waals surface area contributed by atoms with E-state index in [1.165, 1.54) is 5.56 Å². The summed E-state index contributed by atoms with van der Waals surface area (Å²) in [6.07, 6.45) is 4.09. The highest BCUT2D eigenvalue weighted by molar-refractivity contribution is 7.98. The third-order valence-corrected chi connectivity index (χ3v) is 6.50. The van der Waals surface area contributed by atoms with Gasteiger partial charge in [0.15, 0.2) is 0 Å². The van der Waals surface area contributed by atoms with Gasteiger partial charge in [-0.2, -0.15) is 5.26 Å². The van der Waals surface area contributed by atoms with E-state index in [2.05, 4.69) is 11.1 Å². The fourth-order valence-corrected chi connectivity index (χ4v) is 5.08. The summed E-state index contributed by atoms with van der Waals surface area (Å²) >= 11 is 7.91. The standard InChI is InChI=1S/C23H19ClN2OS/c24-20-11-4-1-7-17(20)14-28-23-19-10-3-2-9-18(19)21(22(27)26-23)16-8-5-6-15(12-16)13-25/h1,4-8,11-12H,2-3,9-10,14H2,(H,26,27). The van der Waals surface area contributed by atoms with Crippen LogP contribution in [0.1, 0.15) is 35.1 Å². The minimum atomic E-state index is 0.0393. The molecule has 1 N–H and O–H groups in total. The van der Waals surface area contributed by atoms with Crippen LogP contribution in [-0.2, 0) is 18.6 Å². The van der Waals surface area contributed by atoms with Crippen molar-refractivity contribution in [1.29, 1.82) is 5.26 Å². The fraction of sp³-hybridized carbons (Fsp3) is 0.217. The highest BCUT2D eigenvalue weighted by atomic mass is 35.5. The summed E-state index contributed by atoms with van der Waals surface area (Å²) in [5.74, 6) is 0.749. The van der Waals surface area contributed by atoms with Crippen molar-refractivity contribution < 1.29 is 5.11 Å². The molecule has 0 saturated carbocycles. The summed E-state index contributed by atoms with van der Waals surface area (Å²) in [6, 6.07) is 17.4. The lowest BCUT2D eigenvalue weighted by molar-refractivity contribution is 0.447. The number of thioether (sulfide) groups is 1. The van der Waals surface area contributed by atoms with Crippen LogP contribution in [0.25, 0.3) is 11.1 Å². The molecule has 140 valence electrons. The van der Waals surface area contributed by atoms with Crippen LogP contribution < -0.4 is 0 Å². The summed E-state index contributed by atoms with van der Waals surface area (Å²) in [5, 5.41) is 21.6. The molecule has 0 radical (unpaired) electrons. The lowest BCUT2D eigenvalue weighted by Crippen LogP contribution is -2.08. The molecule has 3 aromatic rings. The van der Waals surface area contributed by atoms with Crippen molar-refractivity contribution in [1.82, 2.24) is 4.98 Å². The Kier molecular flexibility index (Phi) is 5.57. The van der Waals surface area contributed by atoms with E-state index in [0.717, 1.165) is 58.0 Å². The number of nitrogens with zero attached hydrogens (tertiary/aromatic N) is 2. The second kappa shape index (κ2) is 8.26. The van der Waals surface area contributed by atoms with E-state index in [1.807, 2.05) is 42.5 Å². The molecule has 0 amide bonds. The molecule has 1 aromatic heterocycles. The molecule has 2 aromatic carbocycles. The first-order chi connectivity index (χ1) is 13.7. The molecule has 3 nitrogen and oxygen atoms in total. The van der Waals surface area contributed by atoms with Gasteiger partial charge in [0, 0.05) is 16.3 Å². The van der Waals surface area contributed by atoms with Crippen LogP contribution >= 0.6 is 23.4 Å². The van der Waals surface area contributed by atoms with Crippen molar-refractivity contribution in [2.45, 2.75) is 36.5 Å². The molecule has 0 unspecified atom stereocenters. The first kappa shape index (κ1) is 18.9. The van der Waals surface area contributed by atoms with Crippen molar-refractivity contribution in [2.24, 2.45) is 0 Å². The van der Waals surface area contributed by atoms with E-state index >= 15 is 0 Å². The lowest BCUT2D eigenvalue weighted by atomic mass is 9.87. The Hall–Kier alpha value is -2.48. The van der Waals surface area contributed by atoms with Gasteiger partial charge >= 0.3 is 0 Å². The summed E-state index contributed by atoms with van der Waals surface area (Å²) in [7, 11) is 0. The number of pyridine rings is 1. The van der Waals surface area contributed by atoms with Crippen molar-refractivity contribution in [3.63, 3.8) is 0 Å². The molecular formula is C23H19ClN2OS. The zero-order valence-corrected chi connectivity index (χ0v) is 16.9. The van der Waals surface area contributed by atoms with Gasteiger partial charge < -0.3 is 5.11 Å². The first-order valence-electron chi connectivity index (χ1n) is 9.29. The fourth-order valence-electron chi connectivity index (χ4n) is 3.70. The highest BCUT2D eigenvalue weighted by Gasteiger charge is 2.23. The number of hydrogen-bond acceptors (Lipinski definition) is 4. The Bertz CT molecular complexity index is 1070. The Labute approximate surface area is 174 Å². The summed E-state index contributed by atoms with van der Waals surface area (Å²) in [4.78, 5) is 4.56. The second-order valence-corrected chi connectivity index (χ2v) is 8.22. The number of benzene rings is 2. The van der Waals surface area contributed by atoms with Gasteiger partial charge in [-0.3, -0.25) is 0 Å². The molecule has 0 fully saturated rings. The van der Waals surface area contributed by atoms with Crippen LogP contribution in [0.4, 0.5) is 0 Å². The molecule has 0 saturated heterocycles. The molecule has 5 heteroatoms. The van der Waals surface area contributed by atoms with Crippen LogP contribution in [0.15, 0.2) is 53.6 Å². The van der Waals surface area contributed by atoms with Gasteiger partial charge in [0.05, 0.1) is 11.6 Å². The number of aromatic nitrogens is 1. The molecule has 0 spiro atoms. The summed E-state index contributed by atoms with van der Waals surface area (Å²) in [5.41, 5.74) is 5.65. The largest absolute Gasteiger partial charge is 0.493 e. The maximum absolute atomic E-state index is 10.8. The molecule has 0 aliphatic heterocycles. The third kappa shape index (κ3) is 3.73. The van der Waals surface area contributed by atoms with Crippen molar-refractivity contribution in [2.75, 3.05) is 0 Å². The predicted molar refractivity (Wildman–Crippen MR) is 114 cm³/mol. The number of rotatable bonds is 4. The Balaban J connectivity index is 1.75. The number of nitriles is 1. The summed E-state index contributed by atoms with van der Waals surface area (Å²) < 4.78 is 0. The zero-order chi connectivity index (χ0) is 19.5. The van der Waals surface area contributed by atoms with Crippen molar-refractivity contribution in [3.05, 3.63) is 75.8 Å². The first-order valence-corrected chi connectivity index (χ1v) is 10.6. The van der Waals surface area contributed by atoms with Gasteiger partial charge in [0.1, 0.15) is 5.03 Å². The number of fused-ring (bicyclic) bond motifs is 1. The van der Waals surface area contributed by atoms with Crippen LogP contribution in [0.5, 0.6) is 5.88 Å². The monoisotopic (exact) mass is 406 g/mol. The molecule has 0 bridgehead atoms. The van der Waals surface area contributed by atoms with Crippen LogP contribution in [0.2, 0.25) is 5.02 Å². The smallest absolute Gasteiger partial charge is 0.220 e. The average Bonchev–Trinajstić information content (AvgIpc) is 2.73. The minimum Gasteiger partial charge on any atom is -0.493 e. The van der Waals surface area contributed by atoms with E-state index in [1.54, 1.807) is 17.8 Å². The van der Waals surface area contributed by atoms with E-state index in [9.17, 15) is 10.4 Å². The minimum absolute atomic E-state index is 0.0393. The number of hydrogen-bond donors (Lipinski definition) is 1. The van der Waals surface area contributed by atoms with Crippen molar-refractivity contribution in [3.8, 4) is 23.1 Å². The predicted octanol–water partition coefficient (Wildman–Crippen LogP) is 6.15. The highest BCUT2D eigenvalue weighted by Crippen LogP contribution is 2.42. The van der Waals surface area contributed by atoms with Gasteiger partial charge in [-0.25, -0.2) is 4.98 Å². The van der Waals surface area contributed by atoms with Crippen molar-refractivity contribution >= 4 is 23.4 Å². The maximum Gasteiger partial charge on any atom is 0.220 e. The molecule has 1 heterocycles. The molecule has 28 heavy (non-hydrogen) atoms. The third-order valence-electron chi connectivity index (χ3n) is 5.06. The van der Waals surface area contributed by atoms with Gasteiger partial charge in [-0.1, -0.05) is 41.9 Å². The molecule has 4 rings (SSSR count).